The summed E-state index contributed by atoms with van der Waals surface area (Å²) in [5.74, 6) is 0.961. The average molecular weight is 372 g/mol. The van der Waals surface area contributed by atoms with Crippen molar-refractivity contribution >= 4 is 0 Å². The third-order valence-electron chi connectivity index (χ3n) is 5.54. The van der Waals surface area contributed by atoms with Gasteiger partial charge in [-0.3, -0.25) is 9.69 Å². The van der Waals surface area contributed by atoms with E-state index in [1.54, 1.807) is 10.7 Å². The molecule has 1 fully saturated rings. The third-order valence-corrected chi connectivity index (χ3v) is 5.54. The lowest BCUT2D eigenvalue weighted by atomic mass is 9.92. The first kappa shape index (κ1) is 18.4. The van der Waals surface area contributed by atoms with Crippen LogP contribution in [-0.2, 0) is 36.3 Å². The summed E-state index contributed by atoms with van der Waals surface area (Å²) in [6.45, 7) is 9.97. The highest BCUT2D eigenvalue weighted by Gasteiger charge is 2.29. The van der Waals surface area contributed by atoms with Crippen LogP contribution in [0.5, 0.6) is 0 Å². The molecule has 0 aliphatic carbocycles. The number of aromatic nitrogens is 3. The largest absolute Gasteiger partial charge is 0.376 e. The van der Waals surface area contributed by atoms with E-state index in [0.29, 0.717) is 19.8 Å². The van der Waals surface area contributed by atoms with Crippen LogP contribution in [0.25, 0.3) is 0 Å². The maximum absolute atomic E-state index is 12.3. The maximum atomic E-state index is 12.3. The van der Waals surface area contributed by atoms with Gasteiger partial charge in [-0.15, -0.1) is 0 Å². The first-order valence-corrected chi connectivity index (χ1v) is 9.78. The lowest BCUT2D eigenvalue weighted by Gasteiger charge is -2.25. The van der Waals surface area contributed by atoms with E-state index >= 15 is 0 Å². The second kappa shape index (κ2) is 7.20. The van der Waals surface area contributed by atoms with Crippen LogP contribution in [0.4, 0.5) is 0 Å². The van der Waals surface area contributed by atoms with Crippen LogP contribution in [0, 0.1) is 0 Å². The summed E-state index contributed by atoms with van der Waals surface area (Å²) in [7, 11) is 0. The predicted octanol–water partition coefficient (Wildman–Crippen LogP) is 2.27. The monoisotopic (exact) mass is 372 g/mol. The normalized spacial score (nSPS) is 20.8. The Labute approximate surface area is 159 Å². The van der Waals surface area contributed by atoms with Crippen molar-refractivity contribution in [3.63, 3.8) is 0 Å². The minimum atomic E-state index is -0.0788. The predicted molar refractivity (Wildman–Crippen MR) is 100 cm³/mol. The molecule has 0 N–H and O–H groups in total. The molecule has 0 aromatic carbocycles. The minimum Gasteiger partial charge on any atom is -0.376 e. The molecule has 2 aliphatic rings. The van der Waals surface area contributed by atoms with E-state index in [2.05, 4.69) is 35.9 Å². The highest BCUT2D eigenvalue weighted by molar-refractivity contribution is 5.24. The fourth-order valence-corrected chi connectivity index (χ4v) is 3.89. The lowest BCUT2D eigenvalue weighted by molar-refractivity contribution is 0.102. The summed E-state index contributed by atoms with van der Waals surface area (Å²) < 4.78 is 12.7. The number of fused-ring (bicyclic) bond motifs is 1. The van der Waals surface area contributed by atoms with Crippen LogP contribution in [0.2, 0.25) is 0 Å². The number of likely N-dealkylation sites (tertiary alicyclic amines) is 1. The van der Waals surface area contributed by atoms with Crippen LogP contribution in [0.15, 0.2) is 21.5 Å². The molecule has 146 valence electrons. The Bertz CT molecular complexity index is 865. The molecule has 7 nitrogen and oxygen atoms in total. The second-order valence-electron chi connectivity index (χ2n) is 8.59. The summed E-state index contributed by atoms with van der Waals surface area (Å²) >= 11 is 0. The van der Waals surface area contributed by atoms with Gasteiger partial charge in [-0.05, 0) is 25.5 Å². The molecule has 7 heteroatoms. The van der Waals surface area contributed by atoms with E-state index in [1.807, 2.05) is 6.07 Å². The molecule has 0 radical (unpaired) electrons. The summed E-state index contributed by atoms with van der Waals surface area (Å²) in [4.78, 5) is 14.7. The molecule has 0 spiro atoms. The fraction of sp³-hybridized carbons (Fsp3) is 0.650. The molecule has 4 heterocycles. The topological polar surface area (TPSA) is 73.4 Å². The SMILES string of the molecule is CC(C)(C)c1ccc(=O)n(CC2CCCN2Cc2noc3c2COCC3)n1. The van der Waals surface area contributed by atoms with Crippen molar-refractivity contribution in [2.75, 3.05) is 13.2 Å². The third kappa shape index (κ3) is 3.84. The second-order valence-corrected chi connectivity index (χ2v) is 8.59. The van der Waals surface area contributed by atoms with Crippen molar-refractivity contribution in [3.05, 3.63) is 45.2 Å². The molecule has 0 bridgehead atoms. The number of rotatable bonds is 4. The zero-order valence-corrected chi connectivity index (χ0v) is 16.4. The Morgan fingerprint density at radius 3 is 2.96 bits per heavy atom. The zero-order chi connectivity index (χ0) is 19.0. The van der Waals surface area contributed by atoms with Gasteiger partial charge in [-0.2, -0.15) is 5.10 Å². The highest BCUT2D eigenvalue weighted by Crippen LogP contribution is 2.26. The quantitative estimate of drug-likeness (QED) is 0.820. The molecule has 4 rings (SSSR count). The first-order valence-electron chi connectivity index (χ1n) is 9.78. The molecule has 27 heavy (non-hydrogen) atoms. The van der Waals surface area contributed by atoms with Crippen molar-refractivity contribution in [2.24, 2.45) is 0 Å². The minimum absolute atomic E-state index is 0.0398. The van der Waals surface area contributed by atoms with E-state index in [0.717, 1.165) is 55.1 Å². The van der Waals surface area contributed by atoms with E-state index in [4.69, 9.17) is 9.26 Å². The standard InChI is InChI=1S/C20H28N4O3/c1-20(2,3)18-6-7-19(25)24(21-18)11-14-5-4-9-23(14)12-16-15-13-26-10-8-17(15)27-22-16/h6-7,14H,4-5,8-13H2,1-3H3. The Morgan fingerprint density at radius 1 is 1.30 bits per heavy atom. The highest BCUT2D eigenvalue weighted by atomic mass is 16.5. The first-order chi connectivity index (χ1) is 12.9. The van der Waals surface area contributed by atoms with Crippen molar-refractivity contribution < 1.29 is 9.26 Å². The Morgan fingerprint density at radius 2 is 2.15 bits per heavy atom. The molecule has 2 aromatic rings. The molecule has 2 aromatic heterocycles. The Hall–Kier alpha value is -1.99. The van der Waals surface area contributed by atoms with Crippen molar-refractivity contribution in [3.8, 4) is 0 Å². The zero-order valence-electron chi connectivity index (χ0n) is 16.4. The van der Waals surface area contributed by atoms with Gasteiger partial charge in [0.25, 0.3) is 5.56 Å². The van der Waals surface area contributed by atoms with Gasteiger partial charge in [0.15, 0.2) is 0 Å². The van der Waals surface area contributed by atoms with E-state index in [-0.39, 0.29) is 17.0 Å². The van der Waals surface area contributed by atoms with Crippen molar-refractivity contribution in [2.45, 2.75) is 71.2 Å². The maximum Gasteiger partial charge on any atom is 0.266 e. The van der Waals surface area contributed by atoms with Crippen LogP contribution in [-0.4, -0.2) is 39.0 Å². The van der Waals surface area contributed by atoms with Crippen LogP contribution >= 0.6 is 0 Å². The molecule has 0 saturated carbocycles. The van der Waals surface area contributed by atoms with Gasteiger partial charge < -0.3 is 9.26 Å². The van der Waals surface area contributed by atoms with Crippen LogP contribution < -0.4 is 5.56 Å². The van der Waals surface area contributed by atoms with E-state index in [1.165, 1.54) is 0 Å². The van der Waals surface area contributed by atoms with E-state index in [9.17, 15) is 4.79 Å². The van der Waals surface area contributed by atoms with Gasteiger partial charge in [0.05, 0.1) is 25.5 Å². The van der Waals surface area contributed by atoms with Crippen molar-refractivity contribution in [1.29, 1.82) is 0 Å². The average Bonchev–Trinajstić information content (AvgIpc) is 3.24. The molecular weight excluding hydrogens is 344 g/mol. The van der Waals surface area contributed by atoms with Gasteiger partial charge in [-0.1, -0.05) is 25.9 Å². The molecular formula is C20H28N4O3. The summed E-state index contributed by atoms with van der Waals surface area (Å²) in [5, 5.41) is 8.92. The van der Waals surface area contributed by atoms with Crippen molar-refractivity contribution in [1.82, 2.24) is 19.8 Å². The van der Waals surface area contributed by atoms with Crippen LogP contribution in [0.1, 0.15) is 56.3 Å². The van der Waals surface area contributed by atoms with Gasteiger partial charge in [-0.25, -0.2) is 4.68 Å². The summed E-state index contributed by atoms with van der Waals surface area (Å²) in [6, 6.07) is 3.76. The summed E-state index contributed by atoms with van der Waals surface area (Å²) in [5.41, 5.74) is 2.90. The number of hydrogen-bond donors (Lipinski definition) is 0. The number of nitrogens with zero attached hydrogens (tertiary/aromatic N) is 4. The lowest BCUT2D eigenvalue weighted by Crippen LogP contribution is -2.37. The molecule has 0 amide bonds. The molecule has 1 unspecified atom stereocenters. The van der Waals surface area contributed by atoms with Crippen LogP contribution in [0.3, 0.4) is 0 Å². The fourth-order valence-electron chi connectivity index (χ4n) is 3.89. The van der Waals surface area contributed by atoms with E-state index < -0.39 is 0 Å². The Kier molecular flexibility index (Phi) is 4.90. The van der Waals surface area contributed by atoms with Gasteiger partial charge in [0, 0.05) is 36.1 Å². The summed E-state index contributed by atoms with van der Waals surface area (Å²) in [6.07, 6.45) is 2.98. The molecule has 1 atom stereocenters. The van der Waals surface area contributed by atoms with Gasteiger partial charge >= 0.3 is 0 Å². The number of ether oxygens (including phenoxy) is 1. The molecule has 2 aliphatic heterocycles. The Balaban J connectivity index is 1.51. The van der Waals surface area contributed by atoms with Gasteiger partial charge in [0.1, 0.15) is 11.5 Å². The number of hydrogen-bond acceptors (Lipinski definition) is 6. The smallest absolute Gasteiger partial charge is 0.266 e. The molecule has 1 saturated heterocycles. The van der Waals surface area contributed by atoms with Gasteiger partial charge in [0.2, 0.25) is 0 Å².